The van der Waals surface area contributed by atoms with Gasteiger partial charge in [0.25, 0.3) is 5.82 Å². The van der Waals surface area contributed by atoms with E-state index in [1.54, 1.807) is 0 Å². The second-order valence-corrected chi connectivity index (χ2v) is 13.6. The number of nitrogens with one attached hydrogen (secondary N) is 1. The lowest BCUT2D eigenvalue weighted by Gasteiger charge is -2.17. The summed E-state index contributed by atoms with van der Waals surface area (Å²) < 4.78 is 2.63. The van der Waals surface area contributed by atoms with Gasteiger partial charge >= 0.3 is 0 Å². The first-order chi connectivity index (χ1) is 20.2. The molecule has 2 atom stereocenters. The van der Waals surface area contributed by atoms with E-state index in [1.807, 2.05) is 0 Å². The Morgan fingerprint density at radius 3 is 1.15 bits per heavy atom. The van der Waals surface area contributed by atoms with Crippen LogP contribution >= 0.6 is 0 Å². The van der Waals surface area contributed by atoms with E-state index >= 15 is 0 Å². The molecule has 41 heavy (non-hydrogen) atoms. The monoisotopic (exact) mass is 574 g/mol. The molecule has 0 radical (unpaired) electrons. The molecule has 0 amide bonds. The molecule has 2 nitrogen and oxygen atoms in total. The average Bonchev–Trinajstić information content (AvgIpc) is 3.47. The maximum atomic E-state index is 3.74. The highest BCUT2D eigenvalue weighted by molar-refractivity contribution is 4.90. The van der Waals surface area contributed by atoms with Gasteiger partial charge in [-0.15, -0.1) is 0 Å². The highest BCUT2D eigenvalue weighted by Gasteiger charge is 2.25. The molecule has 1 aromatic rings. The Balaban J connectivity index is 2.40. The molecule has 0 aliphatic rings. The third-order valence-corrected chi connectivity index (χ3v) is 9.64. The number of hydrogen-bond donors (Lipinski definition) is 1. The van der Waals surface area contributed by atoms with Crippen LogP contribution in [0.25, 0.3) is 0 Å². The molecular weight excluding hydrogens is 496 g/mol. The maximum absolute atomic E-state index is 3.74. The Morgan fingerprint density at radius 2 is 0.780 bits per heavy atom. The summed E-state index contributed by atoms with van der Waals surface area (Å²) in [5.41, 5.74) is 0. The Kier molecular flexibility index (Phi) is 27.3. The number of aromatic nitrogens is 2. The van der Waals surface area contributed by atoms with Crippen LogP contribution in [-0.4, -0.2) is 4.98 Å². The van der Waals surface area contributed by atoms with E-state index in [9.17, 15) is 0 Å². The maximum Gasteiger partial charge on any atom is 0.257 e. The van der Waals surface area contributed by atoms with E-state index in [-0.39, 0.29) is 0 Å². The van der Waals surface area contributed by atoms with Crippen LogP contribution in [0.1, 0.15) is 238 Å². The van der Waals surface area contributed by atoms with E-state index in [0.29, 0.717) is 12.0 Å². The standard InChI is InChI=1S/C39H76N2/c1-5-8-11-14-17-19-20-21-22-23-25-28-31-34-38(33-30-27-24-18-15-12-9-6-2)39-40-35-36-41(39)37(4)32-29-26-16-13-10-7-3/h35-38H,5-34H2,1-4H3/p+1. The van der Waals surface area contributed by atoms with Crippen molar-refractivity contribution in [1.82, 2.24) is 4.98 Å². The molecule has 0 saturated carbocycles. The minimum Gasteiger partial charge on any atom is -0.247 e. The second-order valence-electron chi connectivity index (χ2n) is 13.6. The summed E-state index contributed by atoms with van der Waals surface area (Å²) in [6, 6.07) is 0.620. The SMILES string of the molecule is CCCCCCCCCCCCCCCC(CCCCCCCCCC)c1[nH]cc[n+]1C(C)CCCCCCCC. The lowest BCUT2D eigenvalue weighted by molar-refractivity contribution is -0.727. The van der Waals surface area contributed by atoms with Gasteiger partial charge in [0.15, 0.2) is 0 Å². The number of imidazole rings is 1. The summed E-state index contributed by atoms with van der Waals surface area (Å²) in [6.07, 6.45) is 47.2. The van der Waals surface area contributed by atoms with Crippen molar-refractivity contribution in [3.8, 4) is 0 Å². The predicted molar refractivity (Wildman–Crippen MR) is 184 cm³/mol. The Morgan fingerprint density at radius 1 is 0.463 bits per heavy atom. The Hall–Kier alpha value is -0.790. The molecule has 0 aliphatic carbocycles. The quantitative estimate of drug-likeness (QED) is 0.0653. The summed E-state index contributed by atoms with van der Waals surface area (Å²) in [7, 11) is 0. The molecule has 0 fully saturated rings. The third-order valence-electron chi connectivity index (χ3n) is 9.64. The molecule has 1 aromatic heterocycles. The van der Waals surface area contributed by atoms with Crippen LogP contribution in [0.3, 0.4) is 0 Å². The van der Waals surface area contributed by atoms with Gasteiger partial charge in [-0.25, -0.2) is 9.55 Å². The van der Waals surface area contributed by atoms with Crippen LogP contribution in [0.4, 0.5) is 0 Å². The molecule has 2 unspecified atom stereocenters. The highest BCUT2D eigenvalue weighted by atomic mass is 15.1. The fourth-order valence-corrected chi connectivity index (χ4v) is 6.78. The number of H-pyrrole nitrogens is 1. The smallest absolute Gasteiger partial charge is 0.247 e. The molecule has 242 valence electrons. The number of aromatic amines is 1. The van der Waals surface area contributed by atoms with E-state index in [4.69, 9.17) is 0 Å². The molecular formula is C39H77N2+. The van der Waals surface area contributed by atoms with Gasteiger partial charge in [0.2, 0.25) is 0 Å². The van der Waals surface area contributed by atoms with Crippen molar-refractivity contribution in [1.29, 1.82) is 0 Å². The van der Waals surface area contributed by atoms with Gasteiger partial charge in [0.05, 0.1) is 12.0 Å². The zero-order chi connectivity index (χ0) is 29.6. The van der Waals surface area contributed by atoms with Crippen LogP contribution in [-0.2, 0) is 0 Å². The van der Waals surface area contributed by atoms with Crippen LogP contribution in [0.5, 0.6) is 0 Å². The van der Waals surface area contributed by atoms with E-state index in [1.165, 1.54) is 198 Å². The second kappa shape index (κ2) is 29.3. The summed E-state index contributed by atoms with van der Waals surface area (Å²) in [5, 5.41) is 0. The van der Waals surface area contributed by atoms with Gasteiger partial charge in [-0.1, -0.05) is 188 Å². The normalized spacial score (nSPS) is 13.2. The van der Waals surface area contributed by atoms with E-state index < -0.39 is 0 Å². The van der Waals surface area contributed by atoms with Crippen LogP contribution in [0, 0.1) is 0 Å². The lowest BCUT2D eigenvalue weighted by Crippen LogP contribution is -2.41. The van der Waals surface area contributed by atoms with Crippen molar-refractivity contribution in [2.75, 3.05) is 0 Å². The number of nitrogens with zero attached hydrogens (tertiary/aromatic N) is 1. The van der Waals surface area contributed by atoms with Gasteiger partial charge in [0, 0.05) is 0 Å². The third kappa shape index (κ3) is 21.5. The van der Waals surface area contributed by atoms with Gasteiger partial charge in [-0.2, -0.15) is 0 Å². The Labute approximate surface area is 259 Å². The fourth-order valence-electron chi connectivity index (χ4n) is 6.78. The zero-order valence-corrected chi connectivity index (χ0v) is 29.0. The summed E-state index contributed by atoms with van der Waals surface area (Å²) in [5.74, 6) is 2.25. The molecule has 0 aromatic carbocycles. The predicted octanol–water partition coefficient (Wildman–Crippen LogP) is 13.7. The number of unbranched alkanes of at least 4 members (excludes halogenated alkanes) is 24. The highest BCUT2D eigenvalue weighted by Crippen LogP contribution is 2.27. The van der Waals surface area contributed by atoms with Crippen LogP contribution in [0.15, 0.2) is 12.4 Å². The Bertz CT molecular complexity index is 635. The zero-order valence-electron chi connectivity index (χ0n) is 29.0. The fraction of sp³-hybridized carbons (Fsp3) is 0.923. The first-order valence-electron chi connectivity index (χ1n) is 19.3. The van der Waals surface area contributed by atoms with Crippen molar-refractivity contribution >= 4 is 0 Å². The van der Waals surface area contributed by atoms with Crippen molar-refractivity contribution < 1.29 is 4.57 Å². The number of hydrogen-bond acceptors (Lipinski definition) is 0. The molecule has 0 spiro atoms. The molecule has 0 bridgehead atoms. The minimum absolute atomic E-state index is 0.620. The minimum atomic E-state index is 0.620. The van der Waals surface area contributed by atoms with Crippen LogP contribution in [0.2, 0.25) is 0 Å². The van der Waals surface area contributed by atoms with Gasteiger partial charge in [-0.05, 0) is 32.6 Å². The van der Waals surface area contributed by atoms with Crippen molar-refractivity contribution in [2.24, 2.45) is 0 Å². The molecule has 0 aliphatic heterocycles. The summed E-state index contributed by atoms with van der Waals surface area (Å²) in [6.45, 7) is 9.40. The molecule has 1 rings (SSSR count). The van der Waals surface area contributed by atoms with Crippen molar-refractivity contribution in [3.05, 3.63) is 18.2 Å². The van der Waals surface area contributed by atoms with E-state index in [2.05, 4.69) is 49.6 Å². The van der Waals surface area contributed by atoms with Gasteiger partial charge in [0.1, 0.15) is 12.4 Å². The molecule has 1 N–H and O–H groups in total. The number of rotatable bonds is 32. The average molecular weight is 574 g/mol. The molecule has 0 saturated heterocycles. The topological polar surface area (TPSA) is 19.7 Å². The van der Waals surface area contributed by atoms with Gasteiger partial charge < -0.3 is 0 Å². The van der Waals surface area contributed by atoms with Crippen molar-refractivity contribution in [2.45, 2.75) is 232 Å². The first-order valence-corrected chi connectivity index (χ1v) is 19.3. The summed E-state index contributed by atoms with van der Waals surface area (Å²) >= 11 is 0. The molecule has 2 heteroatoms. The lowest BCUT2D eigenvalue weighted by atomic mass is 9.92. The summed E-state index contributed by atoms with van der Waals surface area (Å²) in [4.78, 5) is 3.74. The van der Waals surface area contributed by atoms with Crippen LogP contribution < -0.4 is 4.57 Å². The van der Waals surface area contributed by atoms with Gasteiger partial charge in [-0.3, -0.25) is 0 Å². The first kappa shape index (κ1) is 38.2. The largest absolute Gasteiger partial charge is 0.257 e. The van der Waals surface area contributed by atoms with Crippen molar-refractivity contribution in [3.63, 3.8) is 0 Å². The van der Waals surface area contributed by atoms with E-state index in [0.717, 1.165) is 0 Å². The molecule has 1 heterocycles.